The average Bonchev–Trinajstić information content (AvgIpc) is 2.29. The number of hydrogen-bond donors (Lipinski definition) is 4. The lowest BCUT2D eigenvalue weighted by molar-refractivity contribution is -0.146. The third-order valence-corrected chi connectivity index (χ3v) is 2.14. The number of amides is 1. The summed E-state index contributed by atoms with van der Waals surface area (Å²) in [5, 5.41) is 29.1. The van der Waals surface area contributed by atoms with E-state index in [-0.39, 0.29) is 24.3 Å². The smallest absolute Gasteiger partial charge is 0.332 e. The second-order valence-electron chi connectivity index (χ2n) is 3.42. The van der Waals surface area contributed by atoms with Crippen LogP contribution in [-0.4, -0.2) is 39.8 Å². The number of aliphatic carboxylic acids is 1. The van der Waals surface area contributed by atoms with Crippen molar-refractivity contribution in [1.82, 2.24) is 5.32 Å². The molecule has 0 heterocycles. The molecule has 0 aromatic heterocycles. The first-order valence-corrected chi connectivity index (χ1v) is 4.99. The van der Waals surface area contributed by atoms with Crippen molar-refractivity contribution in [2.75, 3.05) is 6.54 Å². The molecule has 0 aliphatic rings. The van der Waals surface area contributed by atoms with Gasteiger partial charge in [0, 0.05) is 13.0 Å². The third-order valence-electron chi connectivity index (χ3n) is 2.14. The van der Waals surface area contributed by atoms with Crippen molar-refractivity contribution in [3.8, 4) is 5.75 Å². The van der Waals surface area contributed by atoms with E-state index in [0.717, 1.165) is 0 Å². The maximum Gasteiger partial charge on any atom is 0.332 e. The Morgan fingerprint density at radius 1 is 1.29 bits per heavy atom. The lowest BCUT2D eigenvalue weighted by atomic mass is 10.2. The Morgan fingerprint density at radius 2 is 1.94 bits per heavy atom. The number of carboxylic acid groups (broad SMARTS) is 1. The second-order valence-corrected chi connectivity index (χ2v) is 3.42. The van der Waals surface area contributed by atoms with E-state index in [1.807, 2.05) is 0 Å². The number of rotatable bonds is 5. The van der Waals surface area contributed by atoms with Crippen LogP contribution in [-0.2, 0) is 4.79 Å². The lowest BCUT2D eigenvalue weighted by Crippen LogP contribution is -2.30. The molecule has 1 aromatic carbocycles. The van der Waals surface area contributed by atoms with Crippen molar-refractivity contribution in [2.45, 2.75) is 12.5 Å². The van der Waals surface area contributed by atoms with Crippen LogP contribution >= 0.6 is 0 Å². The van der Waals surface area contributed by atoms with Crippen molar-refractivity contribution in [3.05, 3.63) is 29.8 Å². The molecule has 1 unspecified atom stereocenters. The van der Waals surface area contributed by atoms with E-state index in [0.29, 0.717) is 0 Å². The van der Waals surface area contributed by atoms with Gasteiger partial charge in [-0.15, -0.1) is 0 Å². The van der Waals surface area contributed by atoms with Gasteiger partial charge in [-0.3, -0.25) is 4.79 Å². The van der Waals surface area contributed by atoms with Crippen LogP contribution in [0.15, 0.2) is 24.3 Å². The summed E-state index contributed by atoms with van der Waals surface area (Å²) in [7, 11) is 0. The fourth-order valence-corrected chi connectivity index (χ4v) is 1.21. The molecule has 0 saturated carbocycles. The third kappa shape index (κ3) is 3.76. The molecule has 1 amide bonds. The Balaban J connectivity index is 2.46. The van der Waals surface area contributed by atoms with E-state index in [4.69, 9.17) is 10.2 Å². The van der Waals surface area contributed by atoms with Gasteiger partial charge in [-0.1, -0.05) is 12.1 Å². The fraction of sp³-hybridized carbons (Fsp3) is 0.273. The summed E-state index contributed by atoms with van der Waals surface area (Å²) in [6.45, 7) is 0.0145. The normalized spacial score (nSPS) is 11.8. The maximum absolute atomic E-state index is 11.5. The molecule has 0 radical (unpaired) electrons. The van der Waals surface area contributed by atoms with Gasteiger partial charge in [-0.2, -0.15) is 0 Å². The van der Waals surface area contributed by atoms with Crippen molar-refractivity contribution >= 4 is 11.9 Å². The first kappa shape index (κ1) is 13.0. The van der Waals surface area contributed by atoms with E-state index < -0.39 is 18.0 Å². The van der Waals surface area contributed by atoms with E-state index in [2.05, 4.69) is 5.32 Å². The van der Waals surface area contributed by atoms with Crippen molar-refractivity contribution < 1.29 is 24.9 Å². The number of carbonyl (C=O) groups excluding carboxylic acids is 1. The Labute approximate surface area is 97.5 Å². The molecule has 4 N–H and O–H groups in total. The summed E-state index contributed by atoms with van der Waals surface area (Å²) in [6.07, 6.45) is -1.59. The Kier molecular flexibility index (Phi) is 4.47. The summed E-state index contributed by atoms with van der Waals surface area (Å²) in [5.41, 5.74) is 0.109. The van der Waals surface area contributed by atoms with Crippen LogP contribution in [0, 0.1) is 0 Å². The summed E-state index contributed by atoms with van der Waals surface area (Å²) >= 11 is 0. The SMILES string of the molecule is O=C(NCCC(O)C(=O)O)c1ccccc1O. The summed E-state index contributed by atoms with van der Waals surface area (Å²) in [6, 6.07) is 6.00. The summed E-state index contributed by atoms with van der Waals surface area (Å²) < 4.78 is 0. The van der Waals surface area contributed by atoms with Gasteiger partial charge >= 0.3 is 5.97 Å². The predicted molar refractivity (Wildman–Crippen MR) is 58.7 cm³/mol. The van der Waals surface area contributed by atoms with Gasteiger partial charge in [0.1, 0.15) is 5.75 Å². The number of para-hydroxylation sites is 1. The molecule has 1 aromatic rings. The Morgan fingerprint density at radius 3 is 2.53 bits per heavy atom. The van der Waals surface area contributed by atoms with E-state index in [1.165, 1.54) is 12.1 Å². The van der Waals surface area contributed by atoms with Gasteiger partial charge in [0.15, 0.2) is 6.10 Å². The van der Waals surface area contributed by atoms with Crippen LogP contribution in [0.4, 0.5) is 0 Å². The molecule has 0 spiro atoms. The van der Waals surface area contributed by atoms with E-state index in [9.17, 15) is 14.7 Å². The number of aliphatic hydroxyl groups is 1. The second kappa shape index (κ2) is 5.86. The molecule has 92 valence electrons. The van der Waals surface area contributed by atoms with E-state index >= 15 is 0 Å². The van der Waals surface area contributed by atoms with Crippen LogP contribution in [0.5, 0.6) is 5.75 Å². The van der Waals surface area contributed by atoms with Crippen molar-refractivity contribution in [3.63, 3.8) is 0 Å². The molecule has 6 heteroatoms. The largest absolute Gasteiger partial charge is 0.507 e. The average molecular weight is 239 g/mol. The molecule has 17 heavy (non-hydrogen) atoms. The van der Waals surface area contributed by atoms with Gasteiger partial charge in [-0.25, -0.2) is 4.79 Å². The van der Waals surface area contributed by atoms with Crippen LogP contribution in [0.25, 0.3) is 0 Å². The van der Waals surface area contributed by atoms with Crippen molar-refractivity contribution in [2.24, 2.45) is 0 Å². The predicted octanol–water partition coefficient (Wildman–Crippen LogP) is -0.0424. The fourth-order valence-electron chi connectivity index (χ4n) is 1.21. The van der Waals surface area contributed by atoms with Crippen molar-refractivity contribution in [1.29, 1.82) is 0 Å². The maximum atomic E-state index is 11.5. The van der Waals surface area contributed by atoms with Gasteiger partial charge in [0.25, 0.3) is 5.91 Å². The summed E-state index contributed by atoms with van der Waals surface area (Å²) in [4.78, 5) is 21.8. The van der Waals surface area contributed by atoms with E-state index in [1.54, 1.807) is 12.1 Å². The minimum absolute atomic E-state index is 0.0145. The number of phenolic OH excluding ortho intramolecular Hbond substituents is 1. The number of benzene rings is 1. The molecule has 0 saturated heterocycles. The molecule has 0 bridgehead atoms. The van der Waals surface area contributed by atoms with Gasteiger partial charge in [0.2, 0.25) is 0 Å². The van der Waals surface area contributed by atoms with Crippen LogP contribution in [0.2, 0.25) is 0 Å². The Hall–Kier alpha value is -2.08. The highest BCUT2D eigenvalue weighted by molar-refractivity contribution is 5.96. The molecular weight excluding hydrogens is 226 g/mol. The van der Waals surface area contributed by atoms with Crippen LogP contribution in [0.1, 0.15) is 16.8 Å². The highest BCUT2D eigenvalue weighted by atomic mass is 16.4. The number of nitrogens with one attached hydrogen (secondary N) is 1. The number of carbonyl (C=O) groups is 2. The van der Waals surface area contributed by atoms with Gasteiger partial charge in [0.05, 0.1) is 5.56 Å². The zero-order valence-corrected chi connectivity index (χ0v) is 8.96. The first-order valence-electron chi connectivity index (χ1n) is 4.99. The number of hydrogen-bond acceptors (Lipinski definition) is 4. The molecule has 0 aliphatic carbocycles. The number of phenols is 1. The Bertz CT molecular complexity index is 418. The minimum Gasteiger partial charge on any atom is -0.507 e. The van der Waals surface area contributed by atoms with Gasteiger partial charge in [-0.05, 0) is 12.1 Å². The van der Waals surface area contributed by atoms with Crippen LogP contribution in [0.3, 0.4) is 0 Å². The zero-order valence-electron chi connectivity index (χ0n) is 8.96. The monoisotopic (exact) mass is 239 g/mol. The molecule has 0 aliphatic heterocycles. The van der Waals surface area contributed by atoms with Crippen LogP contribution < -0.4 is 5.32 Å². The van der Waals surface area contributed by atoms with Gasteiger partial charge < -0.3 is 20.6 Å². The molecule has 6 nitrogen and oxygen atoms in total. The number of carboxylic acids is 1. The number of aromatic hydroxyl groups is 1. The minimum atomic E-state index is -1.50. The highest BCUT2D eigenvalue weighted by Gasteiger charge is 2.14. The zero-order chi connectivity index (χ0) is 12.8. The quantitative estimate of drug-likeness (QED) is 0.576. The highest BCUT2D eigenvalue weighted by Crippen LogP contribution is 2.14. The molecular formula is C11H13NO5. The first-order chi connectivity index (χ1) is 8.02. The molecule has 1 atom stereocenters. The summed E-state index contributed by atoms with van der Waals surface area (Å²) in [5.74, 6) is -1.99. The number of aliphatic hydroxyl groups excluding tert-OH is 1. The molecule has 1 rings (SSSR count). The lowest BCUT2D eigenvalue weighted by Gasteiger charge is -2.08. The standard InChI is InChI=1S/C11H13NO5/c13-8-4-2-1-3-7(8)10(15)12-6-5-9(14)11(16)17/h1-4,9,13-14H,5-6H2,(H,12,15)(H,16,17). The topological polar surface area (TPSA) is 107 Å². The molecule has 0 fully saturated rings.